The zero-order valence-electron chi connectivity index (χ0n) is 8.93. The molecule has 84 valence electrons. The van der Waals surface area contributed by atoms with Gasteiger partial charge in [0.1, 0.15) is 6.10 Å². The second kappa shape index (κ2) is 5.47. The van der Waals surface area contributed by atoms with Crippen molar-refractivity contribution in [3.63, 3.8) is 0 Å². The number of aromatic nitrogens is 2. The zero-order valence-corrected chi connectivity index (χ0v) is 8.93. The Bertz CT molecular complexity index is 320. The number of aryl methyl sites for hydroxylation is 1. The Balaban J connectivity index is 2.43. The summed E-state index contributed by atoms with van der Waals surface area (Å²) in [4.78, 5) is 11.5. The Kier molecular flexibility index (Phi) is 4.26. The predicted molar refractivity (Wildman–Crippen MR) is 54.9 cm³/mol. The van der Waals surface area contributed by atoms with Gasteiger partial charge in [-0.3, -0.25) is 9.48 Å². The number of rotatable bonds is 5. The van der Waals surface area contributed by atoms with Crippen LogP contribution < -0.4 is 11.1 Å². The minimum Gasteiger partial charge on any atom is -0.370 e. The molecule has 0 radical (unpaired) electrons. The molecule has 6 heteroatoms. The molecule has 1 heterocycles. The van der Waals surface area contributed by atoms with E-state index < -0.39 is 6.10 Å². The summed E-state index contributed by atoms with van der Waals surface area (Å²) < 4.78 is 6.60. The fourth-order valence-corrected chi connectivity index (χ4v) is 1.18. The van der Waals surface area contributed by atoms with E-state index in [1.54, 1.807) is 10.9 Å². The van der Waals surface area contributed by atoms with E-state index in [0.29, 0.717) is 6.54 Å². The van der Waals surface area contributed by atoms with Crippen molar-refractivity contribution in [1.29, 1.82) is 0 Å². The van der Waals surface area contributed by atoms with E-state index in [-0.39, 0.29) is 12.5 Å². The lowest BCUT2D eigenvalue weighted by molar-refractivity contribution is -0.130. The minimum atomic E-state index is -0.585. The van der Waals surface area contributed by atoms with Crippen LogP contribution in [0.1, 0.15) is 5.69 Å². The fraction of sp³-hybridized carbons (Fsp3) is 0.556. The van der Waals surface area contributed by atoms with Crippen LogP contribution >= 0.6 is 0 Å². The average molecular weight is 212 g/mol. The van der Waals surface area contributed by atoms with Gasteiger partial charge in [0, 0.05) is 26.9 Å². The SMILES string of the molecule is COC(CN)C(=O)NCc1ccnn1C. The summed E-state index contributed by atoms with van der Waals surface area (Å²) in [6.07, 6.45) is 1.09. The highest BCUT2D eigenvalue weighted by molar-refractivity contribution is 5.80. The molecule has 0 bridgehead atoms. The van der Waals surface area contributed by atoms with Gasteiger partial charge < -0.3 is 15.8 Å². The maximum atomic E-state index is 11.5. The number of ether oxygens (including phenoxy) is 1. The largest absolute Gasteiger partial charge is 0.370 e. The molecule has 1 unspecified atom stereocenters. The maximum Gasteiger partial charge on any atom is 0.250 e. The Hall–Kier alpha value is -1.40. The van der Waals surface area contributed by atoms with Crippen molar-refractivity contribution in [3.05, 3.63) is 18.0 Å². The highest BCUT2D eigenvalue weighted by Crippen LogP contribution is 1.96. The van der Waals surface area contributed by atoms with Gasteiger partial charge in [-0.05, 0) is 6.07 Å². The van der Waals surface area contributed by atoms with Crippen molar-refractivity contribution in [1.82, 2.24) is 15.1 Å². The summed E-state index contributed by atoms with van der Waals surface area (Å²) >= 11 is 0. The number of carbonyl (C=O) groups is 1. The first kappa shape index (κ1) is 11.7. The smallest absolute Gasteiger partial charge is 0.250 e. The van der Waals surface area contributed by atoms with Crippen LogP contribution in [0.4, 0.5) is 0 Å². The molecule has 1 rings (SSSR count). The van der Waals surface area contributed by atoms with Gasteiger partial charge in [-0.2, -0.15) is 5.10 Å². The van der Waals surface area contributed by atoms with Crippen LogP contribution in [0, 0.1) is 0 Å². The second-order valence-electron chi connectivity index (χ2n) is 3.12. The molecular formula is C9H16N4O2. The summed E-state index contributed by atoms with van der Waals surface area (Å²) in [5, 5.41) is 6.71. The number of nitrogens with one attached hydrogen (secondary N) is 1. The Morgan fingerprint density at radius 2 is 2.53 bits per heavy atom. The first-order valence-corrected chi connectivity index (χ1v) is 4.66. The molecule has 3 N–H and O–H groups in total. The molecule has 0 fully saturated rings. The van der Waals surface area contributed by atoms with E-state index in [9.17, 15) is 4.79 Å². The highest BCUT2D eigenvalue weighted by atomic mass is 16.5. The quantitative estimate of drug-likeness (QED) is 0.656. The highest BCUT2D eigenvalue weighted by Gasteiger charge is 2.15. The number of methoxy groups -OCH3 is 1. The molecule has 0 saturated heterocycles. The van der Waals surface area contributed by atoms with Gasteiger partial charge >= 0.3 is 0 Å². The molecule has 0 spiro atoms. The minimum absolute atomic E-state index is 0.174. The van der Waals surface area contributed by atoms with Crippen LogP contribution in [0.25, 0.3) is 0 Å². The normalized spacial score (nSPS) is 12.5. The third-order valence-corrected chi connectivity index (χ3v) is 2.16. The third-order valence-electron chi connectivity index (χ3n) is 2.16. The summed E-state index contributed by atoms with van der Waals surface area (Å²) in [6.45, 7) is 0.600. The topological polar surface area (TPSA) is 82.2 Å². The Morgan fingerprint density at radius 1 is 1.80 bits per heavy atom. The number of nitrogens with zero attached hydrogens (tertiary/aromatic N) is 2. The number of hydrogen-bond donors (Lipinski definition) is 2. The third kappa shape index (κ3) is 3.03. The van der Waals surface area contributed by atoms with Crippen LogP contribution in [0.3, 0.4) is 0 Å². The standard InChI is InChI=1S/C9H16N4O2/c1-13-7(3-4-12-13)6-11-9(14)8(5-10)15-2/h3-4,8H,5-6,10H2,1-2H3,(H,11,14). The van der Waals surface area contributed by atoms with E-state index in [4.69, 9.17) is 10.5 Å². The molecular weight excluding hydrogens is 196 g/mol. The molecule has 1 amide bonds. The zero-order chi connectivity index (χ0) is 11.3. The Morgan fingerprint density at radius 3 is 3.00 bits per heavy atom. The van der Waals surface area contributed by atoms with Crippen LogP contribution in [0.2, 0.25) is 0 Å². The van der Waals surface area contributed by atoms with Gasteiger partial charge in [0.15, 0.2) is 0 Å². The molecule has 0 aromatic carbocycles. The molecule has 15 heavy (non-hydrogen) atoms. The van der Waals surface area contributed by atoms with Crippen LogP contribution in [-0.2, 0) is 23.1 Å². The van der Waals surface area contributed by atoms with Crippen molar-refractivity contribution in [2.75, 3.05) is 13.7 Å². The van der Waals surface area contributed by atoms with E-state index in [2.05, 4.69) is 10.4 Å². The van der Waals surface area contributed by atoms with Crippen LogP contribution in [0.5, 0.6) is 0 Å². The first-order valence-electron chi connectivity index (χ1n) is 4.66. The van der Waals surface area contributed by atoms with Crippen molar-refractivity contribution < 1.29 is 9.53 Å². The van der Waals surface area contributed by atoms with Gasteiger partial charge in [-0.15, -0.1) is 0 Å². The fourth-order valence-electron chi connectivity index (χ4n) is 1.18. The number of hydrogen-bond acceptors (Lipinski definition) is 4. The van der Waals surface area contributed by atoms with Gasteiger partial charge in [0.25, 0.3) is 5.91 Å². The predicted octanol–water partition coefficient (Wildman–Crippen LogP) is -0.990. The van der Waals surface area contributed by atoms with Gasteiger partial charge in [0.2, 0.25) is 0 Å². The summed E-state index contributed by atoms with van der Waals surface area (Å²) in [7, 11) is 3.28. The Labute approximate surface area is 88.4 Å². The molecule has 0 aliphatic rings. The maximum absolute atomic E-state index is 11.5. The number of nitrogens with two attached hydrogens (primary N) is 1. The van der Waals surface area contributed by atoms with Gasteiger partial charge in [-0.25, -0.2) is 0 Å². The average Bonchev–Trinajstić information content (AvgIpc) is 2.63. The van der Waals surface area contributed by atoms with E-state index in [1.165, 1.54) is 7.11 Å². The summed E-state index contributed by atoms with van der Waals surface area (Å²) in [5.41, 5.74) is 6.29. The van der Waals surface area contributed by atoms with E-state index in [0.717, 1.165) is 5.69 Å². The first-order chi connectivity index (χ1) is 7.19. The van der Waals surface area contributed by atoms with Gasteiger partial charge in [0.05, 0.1) is 12.2 Å². The second-order valence-corrected chi connectivity index (χ2v) is 3.12. The van der Waals surface area contributed by atoms with E-state index in [1.807, 2.05) is 13.1 Å². The molecule has 1 atom stereocenters. The van der Waals surface area contributed by atoms with Crippen molar-refractivity contribution in [3.8, 4) is 0 Å². The molecule has 1 aromatic rings. The van der Waals surface area contributed by atoms with Crippen molar-refractivity contribution >= 4 is 5.91 Å². The van der Waals surface area contributed by atoms with Gasteiger partial charge in [-0.1, -0.05) is 0 Å². The summed E-state index contributed by atoms with van der Waals surface area (Å²) in [6, 6.07) is 1.84. The van der Waals surface area contributed by atoms with Crippen LogP contribution in [0.15, 0.2) is 12.3 Å². The number of amides is 1. The van der Waals surface area contributed by atoms with Crippen molar-refractivity contribution in [2.24, 2.45) is 12.8 Å². The number of carbonyl (C=O) groups excluding carboxylic acids is 1. The van der Waals surface area contributed by atoms with E-state index >= 15 is 0 Å². The molecule has 0 aliphatic heterocycles. The molecule has 6 nitrogen and oxygen atoms in total. The summed E-state index contributed by atoms with van der Waals surface area (Å²) in [5.74, 6) is -0.207. The monoisotopic (exact) mass is 212 g/mol. The molecule has 0 saturated carbocycles. The lowest BCUT2D eigenvalue weighted by atomic mass is 10.3. The van der Waals surface area contributed by atoms with Crippen LogP contribution in [-0.4, -0.2) is 35.4 Å². The molecule has 1 aromatic heterocycles. The lowest BCUT2D eigenvalue weighted by Gasteiger charge is -2.12. The lowest BCUT2D eigenvalue weighted by Crippen LogP contribution is -2.40. The molecule has 0 aliphatic carbocycles. The van der Waals surface area contributed by atoms with Crippen molar-refractivity contribution in [2.45, 2.75) is 12.6 Å².